The summed E-state index contributed by atoms with van der Waals surface area (Å²) in [6.45, 7) is 5.88. The summed E-state index contributed by atoms with van der Waals surface area (Å²) >= 11 is 0. The predicted molar refractivity (Wildman–Crippen MR) is 269 cm³/mol. The molecule has 0 saturated carbocycles. The zero-order valence-corrected chi connectivity index (χ0v) is 42.0. The molecule has 0 aliphatic carbocycles. The van der Waals surface area contributed by atoms with E-state index in [1.165, 1.54) is 48.7 Å². The maximum atomic E-state index is 13.9. The molecule has 6 rings (SSSR count). The van der Waals surface area contributed by atoms with Crippen molar-refractivity contribution < 1.29 is 53.5 Å². The van der Waals surface area contributed by atoms with Crippen molar-refractivity contribution in [3.8, 4) is 0 Å². The van der Waals surface area contributed by atoms with Gasteiger partial charge in [-0.05, 0) is 81.1 Å². The maximum absolute atomic E-state index is 13.9. The number of carbonyl (C=O) groups is 4. The van der Waals surface area contributed by atoms with Crippen molar-refractivity contribution in [1.29, 1.82) is 0 Å². The summed E-state index contributed by atoms with van der Waals surface area (Å²) in [5.41, 5.74) is 4.28. The number of hydrazone groups is 1. The second-order valence-electron chi connectivity index (χ2n) is 16.7. The lowest BCUT2D eigenvalue weighted by atomic mass is 10.1. The van der Waals surface area contributed by atoms with Gasteiger partial charge in [-0.25, -0.2) is 18.4 Å². The second kappa shape index (κ2) is 23.2. The minimum absolute atomic E-state index is 0.00709. The maximum Gasteiger partial charge on any atom is 0.295 e. The molecule has 0 spiro atoms. The SMILES string of the molecule is CC(=O)[C@H](CNC(=O)c1cn(CCCNC(=O)C(CS(=O)(=O)O)NC(=O)c2ccc(N/N=C\c3ccccc3S(=O)(=O)O)nc2)c2cc(CNc3ncc[nH]3)ccc2c1=O)NS(=O)(=O)c1c(C)cc(C)cc1C. The second-order valence-corrected chi connectivity index (χ2v) is 21.2. The molecule has 0 saturated heterocycles. The smallest absolute Gasteiger partial charge is 0.295 e. The number of pyridine rings is 2. The van der Waals surface area contributed by atoms with E-state index in [-0.39, 0.29) is 63.7 Å². The summed E-state index contributed by atoms with van der Waals surface area (Å²) in [5.74, 6) is -4.09. The molecule has 0 aliphatic rings. The Morgan fingerprint density at radius 2 is 1.60 bits per heavy atom. The van der Waals surface area contributed by atoms with Crippen LogP contribution in [0.3, 0.4) is 0 Å². The molecule has 0 aliphatic heterocycles. The average molecular weight is 1060 g/mol. The lowest BCUT2D eigenvalue weighted by Gasteiger charge is -2.20. The summed E-state index contributed by atoms with van der Waals surface area (Å²) in [5, 5.41) is 14.4. The number of fused-ring (bicyclic) bond motifs is 1. The molecule has 73 heavy (non-hydrogen) atoms. The van der Waals surface area contributed by atoms with Gasteiger partial charge in [0, 0.05) is 61.9 Å². The van der Waals surface area contributed by atoms with Gasteiger partial charge in [0.25, 0.3) is 32.1 Å². The molecule has 0 fully saturated rings. The number of amides is 3. The van der Waals surface area contributed by atoms with Crippen LogP contribution in [0.5, 0.6) is 0 Å². The Morgan fingerprint density at radius 3 is 2.25 bits per heavy atom. The van der Waals surface area contributed by atoms with Crippen molar-refractivity contribution in [2.24, 2.45) is 5.10 Å². The van der Waals surface area contributed by atoms with Crippen LogP contribution in [0.1, 0.15) is 61.9 Å². The normalized spacial score (nSPS) is 12.8. The van der Waals surface area contributed by atoms with Gasteiger partial charge in [-0.1, -0.05) is 42.0 Å². The number of anilines is 2. The highest BCUT2D eigenvalue weighted by Crippen LogP contribution is 2.22. The van der Waals surface area contributed by atoms with E-state index >= 15 is 0 Å². The Labute approximate surface area is 419 Å². The molecule has 9 N–H and O–H groups in total. The number of aromatic amines is 1. The number of imidazole rings is 1. The highest BCUT2D eigenvalue weighted by Gasteiger charge is 2.29. The van der Waals surface area contributed by atoms with Crippen molar-refractivity contribution in [2.45, 2.75) is 69.1 Å². The van der Waals surface area contributed by atoms with Crippen LogP contribution in [0.4, 0.5) is 11.8 Å². The van der Waals surface area contributed by atoms with Crippen LogP contribution in [-0.4, -0.2) is 115 Å². The molecule has 27 heteroatoms. The van der Waals surface area contributed by atoms with Crippen LogP contribution < -0.4 is 36.8 Å². The molecule has 2 atom stereocenters. The topological polar surface area (TPSA) is 359 Å². The molecule has 386 valence electrons. The van der Waals surface area contributed by atoms with Crippen molar-refractivity contribution in [1.82, 2.24) is 40.2 Å². The third-order valence-corrected chi connectivity index (χ3v) is 14.4. The predicted octanol–water partition coefficient (Wildman–Crippen LogP) is 2.21. The van der Waals surface area contributed by atoms with Crippen LogP contribution in [0.2, 0.25) is 0 Å². The van der Waals surface area contributed by atoms with E-state index < -0.39 is 83.6 Å². The van der Waals surface area contributed by atoms with Crippen molar-refractivity contribution in [2.75, 3.05) is 29.6 Å². The van der Waals surface area contributed by atoms with Gasteiger partial charge in [-0.3, -0.25) is 38.5 Å². The Bertz CT molecular complexity index is 3470. The first-order valence-electron chi connectivity index (χ1n) is 22.0. The number of carbonyl (C=O) groups excluding carboxylic acids is 4. The highest BCUT2D eigenvalue weighted by molar-refractivity contribution is 7.89. The number of aryl methyl sites for hydroxylation is 4. The molecule has 3 aromatic carbocycles. The molecule has 3 heterocycles. The van der Waals surface area contributed by atoms with E-state index in [1.54, 1.807) is 55.1 Å². The standard InChI is InChI=1S/C46H51N11O13S3/c1-27-18-28(2)42(29(3)19-27)72(66,67)56-36(30(4)58)24-51-44(61)35-25-57(38-20-31(10-12-34(38)41(35)59)21-52-46-48-15-16-49-46)17-7-14-47-45(62)37(26-71(63,64)65)54-43(60)33-11-13-40(50-22-33)55-53-23-32-8-5-6-9-39(32)73(68,69)70/h5-6,8-13,15-16,18-20,22-23,25,36-37,56H,7,14,17,21,24,26H2,1-4H3,(H,47,62)(H,50,55)(H,51,61)(H,54,60)(H2,48,49,52)(H,63,64,65)(H,68,69,70)/b53-23-/t36-,37?/m0/s1. The fourth-order valence-corrected chi connectivity index (χ4v) is 10.7. The van der Waals surface area contributed by atoms with Gasteiger partial charge < -0.3 is 30.8 Å². The number of aromatic nitrogens is 4. The first-order valence-corrected chi connectivity index (χ1v) is 26.6. The number of rotatable bonds is 23. The average Bonchev–Trinajstić information content (AvgIpc) is 3.84. The van der Waals surface area contributed by atoms with E-state index in [2.05, 4.69) is 51.5 Å². The lowest BCUT2D eigenvalue weighted by molar-refractivity contribution is -0.122. The number of nitrogens with one attached hydrogen (secondary N) is 7. The highest BCUT2D eigenvalue weighted by atomic mass is 32.2. The minimum Gasteiger partial charge on any atom is -0.354 e. The first kappa shape index (κ1) is 54.6. The third kappa shape index (κ3) is 14.7. The van der Waals surface area contributed by atoms with Gasteiger partial charge in [0.15, 0.2) is 5.95 Å². The summed E-state index contributed by atoms with van der Waals surface area (Å²) in [6, 6.07) is 13.1. The van der Waals surface area contributed by atoms with Gasteiger partial charge in [-0.15, -0.1) is 0 Å². The Kier molecular flexibility index (Phi) is 17.4. The number of hydrogen-bond donors (Lipinski definition) is 9. The zero-order chi connectivity index (χ0) is 53.3. The summed E-state index contributed by atoms with van der Waals surface area (Å²) in [6.07, 6.45) is 6.75. The number of H-pyrrole nitrogens is 1. The van der Waals surface area contributed by atoms with E-state index in [0.717, 1.165) is 24.9 Å². The summed E-state index contributed by atoms with van der Waals surface area (Å²) < 4.78 is 97.4. The van der Waals surface area contributed by atoms with Crippen molar-refractivity contribution >= 4 is 82.6 Å². The molecule has 6 aromatic rings. The fourth-order valence-electron chi connectivity index (χ4n) is 7.64. The number of benzene rings is 3. The van der Waals surface area contributed by atoms with E-state index in [4.69, 9.17) is 0 Å². The number of ketones is 1. The summed E-state index contributed by atoms with van der Waals surface area (Å²) in [7, 11) is -13.6. The van der Waals surface area contributed by atoms with Crippen LogP contribution in [-0.2, 0) is 52.9 Å². The zero-order valence-electron chi connectivity index (χ0n) is 39.5. The lowest BCUT2D eigenvalue weighted by Crippen LogP contribution is -2.50. The molecular weight excluding hydrogens is 1010 g/mol. The van der Waals surface area contributed by atoms with Gasteiger partial charge in [0.2, 0.25) is 21.4 Å². The number of hydrogen-bond acceptors (Lipinski definition) is 16. The molecule has 3 aromatic heterocycles. The quantitative estimate of drug-likeness (QED) is 0.0192. The Balaban J connectivity index is 1.15. The van der Waals surface area contributed by atoms with E-state index in [0.29, 0.717) is 28.2 Å². The largest absolute Gasteiger partial charge is 0.354 e. The van der Waals surface area contributed by atoms with Crippen LogP contribution in [0.15, 0.2) is 111 Å². The van der Waals surface area contributed by atoms with Crippen LogP contribution in [0.25, 0.3) is 10.9 Å². The third-order valence-electron chi connectivity index (χ3n) is 11.0. The van der Waals surface area contributed by atoms with Gasteiger partial charge >= 0.3 is 0 Å². The van der Waals surface area contributed by atoms with Crippen LogP contribution >= 0.6 is 0 Å². The Morgan fingerprint density at radius 1 is 0.877 bits per heavy atom. The molecule has 24 nitrogen and oxygen atoms in total. The van der Waals surface area contributed by atoms with Gasteiger partial charge in [0.1, 0.15) is 33.9 Å². The molecular formula is C46H51N11O13S3. The summed E-state index contributed by atoms with van der Waals surface area (Å²) in [4.78, 5) is 77.8. The first-order chi connectivity index (χ1) is 34.4. The number of nitrogens with zero attached hydrogens (tertiary/aromatic N) is 4. The van der Waals surface area contributed by atoms with Gasteiger partial charge in [-0.2, -0.15) is 26.7 Å². The minimum atomic E-state index is -4.83. The van der Waals surface area contributed by atoms with Crippen molar-refractivity contribution in [3.05, 3.63) is 141 Å². The van der Waals surface area contributed by atoms with E-state index in [1.807, 2.05) is 6.92 Å². The van der Waals surface area contributed by atoms with E-state index in [9.17, 15) is 58.3 Å². The molecule has 0 radical (unpaired) electrons. The van der Waals surface area contributed by atoms with Crippen LogP contribution in [0, 0.1) is 20.8 Å². The molecule has 3 amide bonds. The van der Waals surface area contributed by atoms with Crippen molar-refractivity contribution in [3.63, 3.8) is 0 Å². The fraction of sp³-hybridized carbons (Fsp3) is 0.261. The Hall–Kier alpha value is -7.69. The van der Waals surface area contributed by atoms with Gasteiger partial charge in [0.05, 0.1) is 28.2 Å². The molecule has 1 unspecified atom stereocenters. The molecule has 0 bridgehead atoms. The number of Topliss-reactive ketones (excluding diaryl/α,β-unsaturated/α-hetero) is 1. The number of sulfonamides is 1. The monoisotopic (exact) mass is 1060 g/mol.